The first-order chi connectivity index (χ1) is 10.0. The van der Waals surface area contributed by atoms with Crippen LogP contribution in [-0.2, 0) is 0 Å². The summed E-state index contributed by atoms with van der Waals surface area (Å²) in [5.74, 6) is 0.457. The molecule has 0 aromatic heterocycles. The van der Waals surface area contributed by atoms with Crippen molar-refractivity contribution in [3.05, 3.63) is 64.7 Å². The molecule has 2 aromatic carbocycles. The summed E-state index contributed by atoms with van der Waals surface area (Å²) >= 11 is 0. The number of benzene rings is 2. The Labute approximate surface area is 124 Å². The van der Waals surface area contributed by atoms with Crippen LogP contribution in [0.25, 0.3) is 0 Å². The number of carbonyl (C=O) groups is 2. The standard InChI is InChI=1S/C18H18O3/c1-12-7-8-13(2)17(9-12)18(20)14(3)21-16-6-4-5-15(10-16)11-19/h4-11,14H,1-3H3. The molecule has 0 heterocycles. The van der Waals surface area contributed by atoms with Gasteiger partial charge in [-0.25, -0.2) is 0 Å². The van der Waals surface area contributed by atoms with Gasteiger partial charge in [0.2, 0.25) is 5.78 Å². The molecule has 0 bridgehead atoms. The summed E-state index contributed by atoms with van der Waals surface area (Å²) in [6.07, 6.45) is 0.150. The van der Waals surface area contributed by atoms with Crippen molar-refractivity contribution in [2.45, 2.75) is 26.9 Å². The smallest absolute Gasteiger partial charge is 0.203 e. The Morgan fingerprint density at radius 1 is 1.14 bits per heavy atom. The normalized spacial score (nSPS) is 11.8. The van der Waals surface area contributed by atoms with Gasteiger partial charge in [-0.2, -0.15) is 0 Å². The molecule has 0 spiro atoms. The highest BCUT2D eigenvalue weighted by Gasteiger charge is 2.19. The molecule has 0 aliphatic carbocycles. The van der Waals surface area contributed by atoms with Crippen molar-refractivity contribution in [3.8, 4) is 5.75 Å². The molecule has 0 amide bonds. The average molecular weight is 282 g/mol. The molecular formula is C18H18O3. The minimum absolute atomic E-state index is 0.0623. The predicted molar refractivity (Wildman–Crippen MR) is 82.2 cm³/mol. The van der Waals surface area contributed by atoms with Crippen LogP contribution in [0.5, 0.6) is 5.75 Å². The van der Waals surface area contributed by atoms with Crippen LogP contribution in [0.2, 0.25) is 0 Å². The topological polar surface area (TPSA) is 43.4 Å². The molecule has 0 aliphatic heterocycles. The lowest BCUT2D eigenvalue weighted by Crippen LogP contribution is -2.24. The van der Waals surface area contributed by atoms with Crippen LogP contribution in [-0.4, -0.2) is 18.2 Å². The van der Waals surface area contributed by atoms with Crippen molar-refractivity contribution in [2.75, 3.05) is 0 Å². The zero-order valence-corrected chi connectivity index (χ0v) is 12.4. The van der Waals surface area contributed by atoms with E-state index < -0.39 is 6.10 Å². The Balaban J connectivity index is 2.19. The molecule has 0 saturated heterocycles. The minimum atomic E-state index is -0.604. The lowest BCUT2D eigenvalue weighted by molar-refractivity contribution is 0.0817. The highest BCUT2D eigenvalue weighted by Crippen LogP contribution is 2.18. The van der Waals surface area contributed by atoms with Crippen LogP contribution in [0.15, 0.2) is 42.5 Å². The number of aryl methyl sites for hydroxylation is 2. The van der Waals surface area contributed by atoms with Crippen molar-refractivity contribution in [3.63, 3.8) is 0 Å². The lowest BCUT2D eigenvalue weighted by atomic mass is 9.99. The fourth-order valence-corrected chi connectivity index (χ4v) is 2.14. The van der Waals surface area contributed by atoms with Crippen LogP contribution in [0.1, 0.15) is 38.8 Å². The van der Waals surface area contributed by atoms with Gasteiger partial charge in [0.25, 0.3) is 0 Å². The van der Waals surface area contributed by atoms with E-state index in [1.165, 1.54) is 0 Å². The number of aldehydes is 1. The van der Waals surface area contributed by atoms with Gasteiger partial charge < -0.3 is 4.74 Å². The van der Waals surface area contributed by atoms with Gasteiger partial charge in [0.1, 0.15) is 12.0 Å². The second-order valence-electron chi connectivity index (χ2n) is 5.13. The Bertz CT molecular complexity index is 674. The van der Waals surface area contributed by atoms with Crippen LogP contribution in [0, 0.1) is 13.8 Å². The number of carbonyl (C=O) groups excluding carboxylic acids is 2. The van der Waals surface area contributed by atoms with Crippen molar-refractivity contribution in [1.82, 2.24) is 0 Å². The summed E-state index contributed by atoms with van der Waals surface area (Å²) in [5.41, 5.74) is 3.18. The Morgan fingerprint density at radius 3 is 2.62 bits per heavy atom. The molecule has 3 nitrogen and oxygen atoms in total. The Morgan fingerprint density at radius 2 is 1.90 bits per heavy atom. The summed E-state index contributed by atoms with van der Waals surface area (Å²) in [7, 11) is 0. The van der Waals surface area contributed by atoms with Crippen molar-refractivity contribution in [1.29, 1.82) is 0 Å². The molecule has 0 fully saturated rings. The quantitative estimate of drug-likeness (QED) is 0.619. The maximum Gasteiger partial charge on any atom is 0.203 e. The van der Waals surface area contributed by atoms with Gasteiger partial charge in [-0.3, -0.25) is 9.59 Å². The van der Waals surface area contributed by atoms with E-state index in [0.717, 1.165) is 17.4 Å². The third-order valence-corrected chi connectivity index (χ3v) is 3.33. The minimum Gasteiger partial charge on any atom is -0.483 e. The van der Waals surface area contributed by atoms with Crippen molar-refractivity contribution in [2.24, 2.45) is 0 Å². The van der Waals surface area contributed by atoms with Gasteiger partial charge in [0, 0.05) is 11.1 Å². The molecule has 0 N–H and O–H groups in total. The molecular weight excluding hydrogens is 264 g/mol. The lowest BCUT2D eigenvalue weighted by Gasteiger charge is -2.15. The van der Waals surface area contributed by atoms with Gasteiger partial charge >= 0.3 is 0 Å². The highest BCUT2D eigenvalue weighted by molar-refractivity contribution is 6.00. The van der Waals surface area contributed by atoms with Crippen molar-refractivity contribution >= 4 is 12.1 Å². The maximum atomic E-state index is 12.5. The van der Waals surface area contributed by atoms with E-state index in [4.69, 9.17) is 4.74 Å². The zero-order chi connectivity index (χ0) is 15.4. The summed E-state index contributed by atoms with van der Waals surface area (Å²) < 4.78 is 5.66. The van der Waals surface area contributed by atoms with Gasteiger partial charge in [-0.1, -0.05) is 29.8 Å². The first-order valence-corrected chi connectivity index (χ1v) is 6.84. The number of hydrogen-bond acceptors (Lipinski definition) is 3. The van der Waals surface area contributed by atoms with E-state index in [2.05, 4.69) is 0 Å². The summed E-state index contributed by atoms with van der Waals surface area (Å²) in [5, 5.41) is 0. The Hall–Kier alpha value is -2.42. The fraction of sp³-hybridized carbons (Fsp3) is 0.222. The maximum absolute atomic E-state index is 12.5. The second kappa shape index (κ2) is 6.35. The van der Waals surface area contributed by atoms with E-state index in [1.807, 2.05) is 32.0 Å². The van der Waals surface area contributed by atoms with Gasteiger partial charge in [0.15, 0.2) is 6.10 Å². The molecule has 0 radical (unpaired) electrons. The highest BCUT2D eigenvalue weighted by atomic mass is 16.5. The van der Waals surface area contributed by atoms with E-state index in [1.54, 1.807) is 31.2 Å². The number of ketones is 1. The number of hydrogen-bond donors (Lipinski definition) is 0. The molecule has 3 heteroatoms. The second-order valence-corrected chi connectivity index (χ2v) is 5.13. The molecule has 2 rings (SSSR count). The number of Topliss-reactive ketones (excluding diaryl/α,β-unsaturated/α-hetero) is 1. The monoisotopic (exact) mass is 282 g/mol. The van der Waals surface area contributed by atoms with Crippen LogP contribution in [0.4, 0.5) is 0 Å². The molecule has 0 aliphatic rings. The van der Waals surface area contributed by atoms with Crippen LogP contribution >= 0.6 is 0 Å². The average Bonchev–Trinajstić information content (AvgIpc) is 2.49. The summed E-state index contributed by atoms with van der Waals surface area (Å²) in [6.45, 7) is 5.58. The van der Waals surface area contributed by atoms with Gasteiger partial charge in [-0.15, -0.1) is 0 Å². The largest absolute Gasteiger partial charge is 0.483 e. The molecule has 1 atom stereocenters. The molecule has 1 unspecified atom stereocenters. The SMILES string of the molecule is Cc1ccc(C)c(C(=O)C(C)Oc2cccc(C=O)c2)c1. The zero-order valence-electron chi connectivity index (χ0n) is 12.4. The van der Waals surface area contributed by atoms with Gasteiger partial charge in [0.05, 0.1) is 0 Å². The summed E-state index contributed by atoms with van der Waals surface area (Å²) in [4.78, 5) is 23.2. The molecule has 2 aromatic rings. The van der Waals surface area contributed by atoms with Crippen LogP contribution < -0.4 is 4.74 Å². The first-order valence-electron chi connectivity index (χ1n) is 6.84. The van der Waals surface area contributed by atoms with E-state index in [0.29, 0.717) is 16.9 Å². The Kier molecular flexibility index (Phi) is 4.53. The fourth-order valence-electron chi connectivity index (χ4n) is 2.14. The molecule has 21 heavy (non-hydrogen) atoms. The van der Waals surface area contributed by atoms with E-state index >= 15 is 0 Å². The van der Waals surface area contributed by atoms with E-state index in [9.17, 15) is 9.59 Å². The third-order valence-electron chi connectivity index (χ3n) is 3.33. The predicted octanol–water partition coefficient (Wildman–Crippen LogP) is 3.77. The summed E-state index contributed by atoms with van der Waals surface area (Å²) in [6, 6.07) is 12.6. The molecule has 108 valence electrons. The van der Waals surface area contributed by atoms with Crippen molar-refractivity contribution < 1.29 is 14.3 Å². The van der Waals surface area contributed by atoms with E-state index in [-0.39, 0.29) is 5.78 Å². The van der Waals surface area contributed by atoms with Gasteiger partial charge in [-0.05, 0) is 44.5 Å². The number of rotatable bonds is 5. The third kappa shape index (κ3) is 3.57. The molecule has 0 saturated carbocycles. The first kappa shape index (κ1) is 15.0. The number of ether oxygens (including phenoxy) is 1. The van der Waals surface area contributed by atoms with Crippen LogP contribution in [0.3, 0.4) is 0 Å².